The molecule has 0 aromatic carbocycles. The van der Waals surface area contributed by atoms with Gasteiger partial charge in [-0.15, -0.1) is 0 Å². The number of aliphatic hydroxyl groups is 1. The second-order valence-electron chi connectivity index (χ2n) is 12.2. The summed E-state index contributed by atoms with van der Waals surface area (Å²) < 4.78 is 58.0. The van der Waals surface area contributed by atoms with Gasteiger partial charge in [0.2, 0.25) is 0 Å². The van der Waals surface area contributed by atoms with Crippen LogP contribution in [0.15, 0.2) is 0 Å². The zero-order valence-electron chi connectivity index (χ0n) is 29.8. The lowest BCUT2D eigenvalue weighted by Crippen LogP contribution is -2.30. The van der Waals surface area contributed by atoms with E-state index in [4.69, 9.17) is 52.5 Å². The average molecular weight is 641 g/mol. The van der Waals surface area contributed by atoms with Gasteiger partial charge in [0.25, 0.3) is 0 Å². The Bertz CT molecular complexity index is 629. The fourth-order valence-corrected chi connectivity index (χ4v) is 3.50. The van der Waals surface area contributed by atoms with E-state index in [1.807, 2.05) is 69.2 Å². The molecule has 0 heterocycles. The van der Waals surface area contributed by atoms with Gasteiger partial charge in [-0.1, -0.05) is 6.92 Å². The first-order chi connectivity index (χ1) is 20.9. The first-order valence-corrected chi connectivity index (χ1v) is 16.6. The van der Waals surface area contributed by atoms with E-state index in [2.05, 4.69) is 6.92 Å². The van der Waals surface area contributed by atoms with Crippen LogP contribution in [0.5, 0.6) is 0 Å². The van der Waals surface area contributed by atoms with E-state index >= 15 is 0 Å². The predicted molar refractivity (Wildman–Crippen MR) is 172 cm³/mol. The van der Waals surface area contributed by atoms with Gasteiger partial charge in [0.15, 0.2) is 0 Å². The molecule has 0 fully saturated rings. The highest BCUT2D eigenvalue weighted by molar-refractivity contribution is 4.60. The molecule has 44 heavy (non-hydrogen) atoms. The molecule has 0 aliphatic heterocycles. The number of aliphatic hydroxyl groups excluding tert-OH is 1. The summed E-state index contributed by atoms with van der Waals surface area (Å²) in [5, 5.41) is 9.02. The Morgan fingerprint density at radius 2 is 0.500 bits per heavy atom. The highest BCUT2D eigenvalue weighted by atomic mass is 16.6. The standard InChI is InChI=1S/C33H68O11/c1-12-13-35-25(3)15-37-27(5)17-39-29(7)19-41-31(9)21-43-33(11)23-44-32(10)22-42-30(8)20-40-28(6)18-38-26(4)16-36-24(2)14-34/h24-34H,12-23H2,1-11H3. The van der Waals surface area contributed by atoms with Crippen molar-refractivity contribution >= 4 is 0 Å². The van der Waals surface area contributed by atoms with Gasteiger partial charge in [-0.05, 0) is 75.7 Å². The largest absolute Gasteiger partial charge is 0.394 e. The summed E-state index contributed by atoms with van der Waals surface area (Å²) in [7, 11) is 0. The molecule has 0 saturated heterocycles. The van der Waals surface area contributed by atoms with Crippen LogP contribution in [-0.4, -0.2) is 139 Å². The zero-order valence-corrected chi connectivity index (χ0v) is 29.8. The lowest BCUT2D eigenvalue weighted by Gasteiger charge is -2.23. The van der Waals surface area contributed by atoms with Gasteiger partial charge in [0.1, 0.15) is 0 Å². The molecule has 10 atom stereocenters. The van der Waals surface area contributed by atoms with Crippen molar-refractivity contribution < 1.29 is 52.5 Å². The summed E-state index contributed by atoms with van der Waals surface area (Å²) in [6.45, 7) is 26.9. The zero-order chi connectivity index (χ0) is 33.3. The first-order valence-electron chi connectivity index (χ1n) is 16.6. The van der Waals surface area contributed by atoms with Crippen LogP contribution >= 0.6 is 0 Å². The molecule has 10 unspecified atom stereocenters. The van der Waals surface area contributed by atoms with E-state index in [-0.39, 0.29) is 67.6 Å². The van der Waals surface area contributed by atoms with Gasteiger partial charge in [-0.3, -0.25) is 0 Å². The highest BCUT2D eigenvalue weighted by Gasteiger charge is 2.15. The smallest absolute Gasteiger partial charge is 0.0781 e. The third kappa shape index (κ3) is 26.7. The van der Waals surface area contributed by atoms with Crippen LogP contribution in [0.25, 0.3) is 0 Å². The maximum absolute atomic E-state index is 9.02. The Kier molecular flexibility index (Phi) is 27.4. The monoisotopic (exact) mass is 640 g/mol. The molecule has 0 aliphatic rings. The second kappa shape index (κ2) is 27.7. The maximum atomic E-state index is 9.02. The summed E-state index contributed by atoms with van der Waals surface area (Å²) in [4.78, 5) is 0. The van der Waals surface area contributed by atoms with Gasteiger partial charge >= 0.3 is 0 Å². The van der Waals surface area contributed by atoms with Crippen LogP contribution in [0.4, 0.5) is 0 Å². The van der Waals surface area contributed by atoms with Crippen molar-refractivity contribution in [3.63, 3.8) is 0 Å². The molecular weight excluding hydrogens is 572 g/mol. The van der Waals surface area contributed by atoms with Gasteiger partial charge in [0.05, 0.1) is 127 Å². The van der Waals surface area contributed by atoms with E-state index in [0.29, 0.717) is 59.5 Å². The summed E-state index contributed by atoms with van der Waals surface area (Å²) in [5.74, 6) is 0. The molecule has 0 amide bonds. The molecule has 266 valence electrons. The van der Waals surface area contributed by atoms with Gasteiger partial charge < -0.3 is 52.5 Å². The molecule has 0 aliphatic carbocycles. The summed E-state index contributed by atoms with van der Waals surface area (Å²) >= 11 is 0. The molecule has 0 spiro atoms. The Hall–Kier alpha value is -0.440. The molecule has 0 radical (unpaired) electrons. The quantitative estimate of drug-likeness (QED) is 0.116. The second-order valence-corrected chi connectivity index (χ2v) is 12.2. The van der Waals surface area contributed by atoms with Crippen molar-refractivity contribution in [2.45, 2.75) is 144 Å². The van der Waals surface area contributed by atoms with Crippen molar-refractivity contribution in [1.29, 1.82) is 0 Å². The lowest BCUT2D eigenvalue weighted by atomic mass is 10.3. The van der Waals surface area contributed by atoms with Crippen molar-refractivity contribution in [2.75, 3.05) is 72.7 Å². The molecule has 0 aromatic rings. The molecule has 11 nitrogen and oxygen atoms in total. The topological polar surface area (TPSA) is 113 Å². The van der Waals surface area contributed by atoms with Crippen molar-refractivity contribution in [1.82, 2.24) is 0 Å². The Labute approximate surface area is 268 Å². The van der Waals surface area contributed by atoms with Crippen LogP contribution in [0.2, 0.25) is 0 Å². The van der Waals surface area contributed by atoms with Crippen LogP contribution < -0.4 is 0 Å². The van der Waals surface area contributed by atoms with Gasteiger partial charge in [0, 0.05) is 6.61 Å². The Balaban J connectivity index is 3.89. The molecule has 0 rings (SSSR count). The van der Waals surface area contributed by atoms with Crippen LogP contribution in [0.3, 0.4) is 0 Å². The Morgan fingerprint density at radius 3 is 0.682 bits per heavy atom. The number of hydrogen-bond acceptors (Lipinski definition) is 11. The minimum Gasteiger partial charge on any atom is -0.394 e. The molecular formula is C33H68O11. The number of hydrogen-bond donors (Lipinski definition) is 1. The van der Waals surface area contributed by atoms with E-state index in [0.717, 1.165) is 13.0 Å². The third-order valence-corrected chi connectivity index (χ3v) is 6.40. The van der Waals surface area contributed by atoms with Crippen molar-refractivity contribution in [2.24, 2.45) is 0 Å². The maximum Gasteiger partial charge on any atom is 0.0781 e. The van der Waals surface area contributed by atoms with Crippen LogP contribution in [0, 0.1) is 0 Å². The van der Waals surface area contributed by atoms with Crippen LogP contribution in [0.1, 0.15) is 82.6 Å². The fraction of sp³-hybridized carbons (Fsp3) is 1.00. The minimum atomic E-state index is -0.190. The summed E-state index contributed by atoms with van der Waals surface area (Å²) in [5.41, 5.74) is 0. The van der Waals surface area contributed by atoms with Crippen molar-refractivity contribution in [3.05, 3.63) is 0 Å². The third-order valence-electron chi connectivity index (χ3n) is 6.40. The van der Waals surface area contributed by atoms with E-state index in [9.17, 15) is 0 Å². The van der Waals surface area contributed by atoms with Gasteiger partial charge in [-0.25, -0.2) is 0 Å². The highest BCUT2D eigenvalue weighted by Crippen LogP contribution is 2.06. The van der Waals surface area contributed by atoms with Gasteiger partial charge in [-0.2, -0.15) is 0 Å². The molecule has 0 bridgehead atoms. The lowest BCUT2D eigenvalue weighted by molar-refractivity contribution is -0.112. The van der Waals surface area contributed by atoms with E-state index in [1.165, 1.54) is 0 Å². The van der Waals surface area contributed by atoms with E-state index < -0.39 is 0 Å². The molecule has 1 N–H and O–H groups in total. The number of ether oxygens (including phenoxy) is 10. The molecule has 0 aromatic heterocycles. The van der Waals surface area contributed by atoms with Crippen LogP contribution in [-0.2, 0) is 47.4 Å². The molecule has 11 heteroatoms. The molecule has 0 saturated carbocycles. The number of rotatable bonds is 31. The Morgan fingerprint density at radius 1 is 0.318 bits per heavy atom. The summed E-state index contributed by atoms with van der Waals surface area (Å²) in [6, 6.07) is 0. The minimum absolute atomic E-state index is 0.00103. The fourth-order valence-electron chi connectivity index (χ4n) is 3.50. The summed E-state index contributed by atoms with van der Waals surface area (Å²) in [6.07, 6.45) is 0.436. The van der Waals surface area contributed by atoms with Crippen molar-refractivity contribution in [3.8, 4) is 0 Å². The SMILES string of the molecule is CCCOC(C)COC(C)COC(C)COC(C)COC(C)COC(C)COC(C)COC(C)COC(C)COC(C)CO. The normalized spacial score (nSPS) is 19.1. The predicted octanol–water partition coefficient (Wildman–Crippen LogP) is 4.44. The first kappa shape index (κ1) is 43.6. The average Bonchev–Trinajstić information content (AvgIpc) is 3.01. The van der Waals surface area contributed by atoms with E-state index in [1.54, 1.807) is 0 Å².